The number of hydrogen-bond acceptors (Lipinski definition) is 4. The van der Waals surface area contributed by atoms with E-state index in [1.807, 2.05) is 0 Å². The maximum atomic E-state index is 11.4. The number of ether oxygens (including phenoxy) is 1. The minimum absolute atomic E-state index is 0.218. The van der Waals surface area contributed by atoms with E-state index in [1.54, 1.807) is 18.3 Å². The molecule has 0 radical (unpaired) electrons. The lowest BCUT2D eigenvalue weighted by Crippen LogP contribution is -2.32. The first kappa shape index (κ1) is 13.6. The Morgan fingerprint density at radius 3 is 2.81 bits per heavy atom. The Balaban J connectivity index is 2.55. The number of halogens is 1. The van der Waals surface area contributed by atoms with Gasteiger partial charge in [-0.1, -0.05) is 0 Å². The summed E-state index contributed by atoms with van der Waals surface area (Å²) in [5, 5.41) is 0. The molecule has 0 spiro atoms. The first-order chi connectivity index (χ1) is 7.53. The molecule has 1 heterocycles. The molecule has 1 aromatic heterocycles. The van der Waals surface area contributed by atoms with Gasteiger partial charge in [0.1, 0.15) is 5.82 Å². The van der Waals surface area contributed by atoms with Crippen LogP contribution >= 0.6 is 22.6 Å². The monoisotopic (exact) mass is 357 g/mol. The van der Waals surface area contributed by atoms with Gasteiger partial charge in [0.15, 0.2) is 0 Å². The lowest BCUT2D eigenvalue weighted by molar-refractivity contribution is 0.204. The maximum Gasteiger partial charge on any atom is 0.300 e. The van der Waals surface area contributed by atoms with Gasteiger partial charge in [0.05, 0.1) is 6.61 Å². The number of pyridine rings is 1. The van der Waals surface area contributed by atoms with Crippen molar-refractivity contribution in [3.63, 3.8) is 0 Å². The third-order valence-electron chi connectivity index (χ3n) is 1.56. The van der Waals surface area contributed by atoms with Gasteiger partial charge < -0.3 is 4.74 Å². The molecule has 1 aromatic rings. The molecule has 0 fully saturated rings. The average molecular weight is 357 g/mol. The summed E-state index contributed by atoms with van der Waals surface area (Å²) < 4.78 is 33.2. The van der Waals surface area contributed by atoms with E-state index in [9.17, 15) is 8.42 Å². The summed E-state index contributed by atoms with van der Waals surface area (Å²) in [6.45, 7) is 0.539. The van der Waals surface area contributed by atoms with E-state index in [2.05, 4.69) is 37.0 Å². The van der Waals surface area contributed by atoms with Gasteiger partial charge in [0.25, 0.3) is 10.2 Å². The van der Waals surface area contributed by atoms with Crippen LogP contribution in [0.5, 0.6) is 0 Å². The van der Waals surface area contributed by atoms with Crippen molar-refractivity contribution in [2.45, 2.75) is 0 Å². The molecule has 90 valence electrons. The Kier molecular flexibility index (Phi) is 5.38. The molecule has 0 aromatic carbocycles. The van der Waals surface area contributed by atoms with Crippen molar-refractivity contribution in [3.8, 4) is 0 Å². The van der Waals surface area contributed by atoms with E-state index in [4.69, 9.17) is 4.74 Å². The van der Waals surface area contributed by atoms with Crippen LogP contribution in [0.4, 0.5) is 5.82 Å². The van der Waals surface area contributed by atoms with E-state index >= 15 is 0 Å². The highest BCUT2D eigenvalue weighted by Gasteiger charge is 2.09. The Morgan fingerprint density at radius 2 is 2.25 bits per heavy atom. The average Bonchev–Trinajstić information content (AvgIpc) is 2.21. The first-order valence-corrected chi connectivity index (χ1v) is 6.97. The lowest BCUT2D eigenvalue weighted by atomic mass is 10.5. The quantitative estimate of drug-likeness (QED) is 0.577. The van der Waals surface area contributed by atoms with Crippen LogP contribution in [-0.4, -0.2) is 33.7 Å². The zero-order valence-electron chi connectivity index (χ0n) is 8.60. The van der Waals surface area contributed by atoms with Crippen LogP contribution in [0.1, 0.15) is 0 Å². The summed E-state index contributed by atoms with van der Waals surface area (Å²) in [7, 11) is -2.06. The number of aromatic nitrogens is 1. The fourth-order valence-electron chi connectivity index (χ4n) is 0.888. The standard InChI is InChI=1S/C8H12IN3O3S/c1-15-5-4-11-16(13,14)12-8-3-2-7(9)6-10-8/h2-3,6,11H,4-5H2,1H3,(H,10,12). The molecule has 0 aliphatic carbocycles. The zero-order valence-corrected chi connectivity index (χ0v) is 11.6. The third kappa shape index (κ3) is 5.05. The predicted molar refractivity (Wildman–Crippen MR) is 69.4 cm³/mol. The second-order valence-corrected chi connectivity index (χ2v) is 5.60. The Hall–Kier alpha value is -0.450. The summed E-state index contributed by atoms with van der Waals surface area (Å²) in [6.07, 6.45) is 1.58. The Morgan fingerprint density at radius 1 is 1.50 bits per heavy atom. The molecule has 6 nitrogen and oxygen atoms in total. The van der Waals surface area contributed by atoms with Crippen molar-refractivity contribution in [1.82, 2.24) is 9.71 Å². The maximum absolute atomic E-state index is 11.4. The molecule has 0 aliphatic rings. The van der Waals surface area contributed by atoms with E-state index in [0.717, 1.165) is 3.57 Å². The molecule has 0 amide bonds. The minimum atomic E-state index is -3.56. The van der Waals surface area contributed by atoms with Crippen molar-refractivity contribution in [1.29, 1.82) is 0 Å². The first-order valence-electron chi connectivity index (χ1n) is 4.41. The van der Waals surface area contributed by atoms with Gasteiger partial charge in [-0.25, -0.2) is 4.98 Å². The predicted octanol–water partition coefficient (Wildman–Crippen LogP) is 0.579. The molecule has 16 heavy (non-hydrogen) atoms. The van der Waals surface area contributed by atoms with Gasteiger partial charge in [0.2, 0.25) is 0 Å². The fraction of sp³-hybridized carbons (Fsp3) is 0.375. The summed E-state index contributed by atoms with van der Waals surface area (Å²) in [5.41, 5.74) is 0. The van der Waals surface area contributed by atoms with Gasteiger partial charge in [-0.3, -0.25) is 4.72 Å². The van der Waals surface area contributed by atoms with E-state index in [1.165, 1.54) is 7.11 Å². The van der Waals surface area contributed by atoms with Gasteiger partial charge in [0, 0.05) is 23.4 Å². The smallest absolute Gasteiger partial charge is 0.300 e. The van der Waals surface area contributed by atoms with E-state index in [0.29, 0.717) is 6.61 Å². The number of rotatable bonds is 6. The van der Waals surface area contributed by atoms with Gasteiger partial charge in [-0.15, -0.1) is 0 Å². The second-order valence-electron chi connectivity index (χ2n) is 2.85. The van der Waals surface area contributed by atoms with Gasteiger partial charge in [-0.2, -0.15) is 13.1 Å². The summed E-state index contributed by atoms with van der Waals surface area (Å²) in [6, 6.07) is 3.36. The Labute approximate surface area is 108 Å². The highest BCUT2D eigenvalue weighted by atomic mass is 127. The molecule has 8 heteroatoms. The van der Waals surface area contributed by atoms with Crippen LogP contribution in [0, 0.1) is 3.57 Å². The second kappa shape index (κ2) is 6.33. The molecular weight excluding hydrogens is 345 g/mol. The molecule has 0 saturated carbocycles. The van der Waals surface area contributed by atoms with Crippen LogP contribution in [0.25, 0.3) is 0 Å². The van der Waals surface area contributed by atoms with Crippen LogP contribution in [0.15, 0.2) is 18.3 Å². The molecule has 0 unspecified atom stereocenters. The van der Waals surface area contributed by atoms with Crippen LogP contribution in [-0.2, 0) is 14.9 Å². The number of methoxy groups -OCH3 is 1. The van der Waals surface area contributed by atoms with E-state index in [-0.39, 0.29) is 12.4 Å². The van der Waals surface area contributed by atoms with Crippen LogP contribution in [0.3, 0.4) is 0 Å². The fourth-order valence-corrected chi connectivity index (χ4v) is 2.03. The van der Waals surface area contributed by atoms with Crippen molar-refractivity contribution >= 4 is 38.6 Å². The Bertz CT molecular complexity index is 421. The molecule has 0 aliphatic heterocycles. The number of nitrogens with one attached hydrogen (secondary N) is 2. The summed E-state index contributed by atoms with van der Waals surface area (Å²) in [4.78, 5) is 3.92. The lowest BCUT2D eigenvalue weighted by Gasteiger charge is -2.07. The molecule has 1 rings (SSSR count). The highest BCUT2D eigenvalue weighted by molar-refractivity contribution is 14.1. The normalized spacial score (nSPS) is 11.4. The van der Waals surface area contributed by atoms with Crippen molar-refractivity contribution < 1.29 is 13.2 Å². The largest absolute Gasteiger partial charge is 0.383 e. The van der Waals surface area contributed by atoms with Gasteiger partial charge >= 0.3 is 0 Å². The summed E-state index contributed by atoms with van der Waals surface area (Å²) >= 11 is 2.09. The zero-order chi connectivity index (χ0) is 12.0. The molecular formula is C8H12IN3O3S. The molecule has 0 bridgehead atoms. The van der Waals surface area contributed by atoms with E-state index < -0.39 is 10.2 Å². The van der Waals surface area contributed by atoms with Crippen molar-refractivity contribution in [3.05, 3.63) is 21.9 Å². The number of nitrogens with zero attached hydrogens (tertiary/aromatic N) is 1. The van der Waals surface area contributed by atoms with Crippen LogP contribution in [0.2, 0.25) is 0 Å². The molecule has 2 N–H and O–H groups in total. The summed E-state index contributed by atoms with van der Waals surface area (Å²) in [5.74, 6) is 0.283. The van der Waals surface area contributed by atoms with Crippen molar-refractivity contribution in [2.24, 2.45) is 0 Å². The van der Waals surface area contributed by atoms with Gasteiger partial charge in [-0.05, 0) is 34.7 Å². The molecule has 0 atom stereocenters. The SMILES string of the molecule is COCCNS(=O)(=O)Nc1ccc(I)cn1. The number of anilines is 1. The highest BCUT2D eigenvalue weighted by Crippen LogP contribution is 2.07. The molecule has 0 saturated heterocycles. The van der Waals surface area contributed by atoms with Crippen molar-refractivity contribution in [2.75, 3.05) is 25.0 Å². The third-order valence-corrected chi connectivity index (χ3v) is 3.26. The minimum Gasteiger partial charge on any atom is -0.383 e. The van der Waals surface area contributed by atoms with Crippen LogP contribution < -0.4 is 9.44 Å². The number of hydrogen-bond donors (Lipinski definition) is 2. The topological polar surface area (TPSA) is 80.3 Å².